The molecule has 0 atom stereocenters. The number of hydrogen-bond donors (Lipinski definition) is 2. The minimum atomic E-state index is -4.55. The van der Waals surface area contributed by atoms with Crippen LogP contribution in [0, 0.1) is 13.8 Å². The number of nitrogens with one attached hydrogen (secondary N) is 2. The molecule has 0 saturated heterocycles. The number of anilines is 1. The Morgan fingerprint density at radius 1 is 0.971 bits per heavy atom. The summed E-state index contributed by atoms with van der Waals surface area (Å²) < 4.78 is 43.9. The lowest BCUT2D eigenvalue weighted by molar-refractivity contribution is -0.137. The fourth-order valence-electron chi connectivity index (χ4n) is 2.92. The van der Waals surface area contributed by atoms with Gasteiger partial charge in [0.15, 0.2) is 6.61 Å². The number of alkyl halides is 3. The number of carbonyl (C=O) groups excluding carboxylic acids is 2. The highest BCUT2D eigenvalue weighted by Gasteiger charge is 2.30. The molecule has 34 heavy (non-hydrogen) atoms. The molecule has 3 rings (SSSR count). The summed E-state index contributed by atoms with van der Waals surface area (Å²) in [4.78, 5) is 24.2. The number of halogens is 3. The molecular formula is C25H22F3N3O3. The van der Waals surface area contributed by atoms with E-state index in [1.807, 2.05) is 32.0 Å². The molecule has 2 N–H and O–H groups in total. The maximum atomic E-state index is 12.8. The van der Waals surface area contributed by atoms with Gasteiger partial charge in [-0.15, -0.1) is 0 Å². The second-order valence-electron chi connectivity index (χ2n) is 7.49. The predicted octanol–water partition coefficient (Wildman–Crippen LogP) is 5.10. The van der Waals surface area contributed by atoms with E-state index >= 15 is 0 Å². The van der Waals surface area contributed by atoms with Gasteiger partial charge >= 0.3 is 6.18 Å². The number of hydrogen-bond acceptors (Lipinski definition) is 4. The number of ether oxygens (including phenoxy) is 1. The van der Waals surface area contributed by atoms with Gasteiger partial charge < -0.3 is 10.1 Å². The standard InChI is InChI=1S/C25H22F3N3O3/c1-16-9-10-21(11-17(16)2)30-23(32)15-34-22-8-3-5-18(12-22)14-29-31-24(33)19-6-4-7-20(13-19)25(26,27)28/h3-14H,15H2,1-2H3,(H,30,32)(H,31,33)/b29-14-. The van der Waals surface area contributed by atoms with Crippen molar-refractivity contribution in [1.82, 2.24) is 5.43 Å². The first-order chi connectivity index (χ1) is 16.1. The third-order valence-electron chi connectivity index (χ3n) is 4.85. The van der Waals surface area contributed by atoms with E-state index in [0.717, 1.165) is 29.3 Å². The molecule has 0 aliphatic heterocycles. The Morgan fingerprint density at radius 2 is 1.74 bits per heavy atom. The number of amides is 2. The summed E-state index contributed by atoms with van der Waals surface area (Å²) in [5.74, 6) is -0.697. The topological polar surface area (TPSA) is 79.8 Å². The van der Waals surface area contributed by atoms with E-state index in [0.29, 0.717) is 17.0 Å². The molecule has 0 saturated carbocycles. The second kappa shape index (κ2) is 10.7. The van der Waals surface area contributed by atoms with Gasteiger partial charge in [-0.1, -0.05) is 24.3 Å². The van der Waals surface area contributed by atoms with Crippen LogP contribution in [0.15, 0.2) is 71.8 Å². The van der Waals surface area contributed by atoms with Crippen LogP contribution in [-0.4, -0.2) is 24.6 Å². The molecule has 176 valence electrons. The maximum Gasteiger partial charge on any atom is 0.416 e. The largest absolute Gasteiger partial charge is 0.484 e. The van der Waals surface area contributed by atoms with E-state index in [4.69, 9.17) is 4.74 Å². The number of hydrazone groups is 1. The van der Waals surface area contributed by atoms with E-state index < -0.39 is 17.6 Å². The summed E-state index contributed by atoms with van der Waals surface area (Å²) in [6.07, 6.45) is -3.23. The molecule has 0 aliphatic carbocycles. The van der Waals surface area contributed by atoms with Crippen LogP contribution in [0.5, 0.6) is 5.75 Å². The van der Waals surface area contributed by atoms with Gasteiger partial charge in [-0.3, -0.25) is 9.59 Å². The van der Waals surface area contributed by atoms with E-state index in [1.165, 1.54) is 12.3 Å². The van der Waals surface area contributed by atoms with Gasteiger partial charge in [0.1, 0.15) is 5.75 Å². The van der Waals surface area contributed by atoms with Crippen molar-refractivity contribution in [3.8, 4) is 5.75 Å². The zero-order chi connectivity index (χ0) is 24.7. The third-order valence-corrected chi connectivity index (χ3v) is 4.85. The molecule has 6 nitrogen and oxygen atoms in total. The van der Waals surface area contributed by atoms with Crippen molar-refractivity contribution in [3.05, 3.63) is 94.5 Å². The fourth-order valence-corrected chi connectivity index (χ4v) is 2.92. The Kier molecular flexibility index (Phi) is 7.68. The van der Waals surface area contributed by atoms with Gasteiger partial charge in [0, 0.05) is 11.3 Å². The molecule has 0 radical (unpaired) electrons. The first-order valence-electron chi connectivity index (χ1n) is 10.2. The van der Waals surface area contributed by atoms with Crippen LogP contribution in [-0.2, 0) is 11.0 Å². The summed E-state index contributed by atoms with van der Waals surface area (Å²) in [5, 5.41) is 6.54. The molecule has 3 aromatic rings. The Labute approximate surface area is 194 Å². The van der Waals surface area contributed by atoms with Crippen LogP contribution >= 0.6 is 0 Å². The first-order valence-corrected chi connectivity index (χ1v) is 10.2. The number of rotatable bonds is 7. The van der Waals surface area contributed by atoms with Crippen molar-refractivity contribution in [2.45, 2.75) is 20.0 Å². The number of nitrogens with zero attached hydrogens (tertiary/aromatic N) is 1. The summed E-state index contributed by atoms with van der Waals surface area (Å²) in [5.41, 5.74) is 4.51. The molecule has 0 bridgehead atoms. The normalized spacial score (nSPS) is 11.3. The summed E-state index contributed by atoms with van der Waals surface area (Å²) in [6.45, 7) is 3.73. The highest BCUT2D eigenvalue weighted by Crippen LogP contribution is 2.29. The van der Waals surface area contributed by atoms with Gasteiger partial charge in [-0.2, -0.15) is 18.3 Å². The second-order valence-corrected chi connectivity index (χ2v) is 7.49. The highest BCUT2D eigenvalue weighted by molar-refractivity contribution is 5.95. The van der Waals surface area contributed by atoms with Crippen molar-refractivity contribution < 1.29 is 27.5 Å². The lowest BCUT2D eigenvalue weighted by atomic mass is 10.1. The summed E-state index contributed by atoms with van der Waals surface area (Å²) in [7, 11) is 0. The summed E-state index contributed by atoms with van der Waals surface area (Å²) in [6, 6.07) is 16.3. The fraction of sp³-hybridized carbons (Fsp3) is 0.160. The van der Waals surface area contributed by atoms with Crippen LogP contribution in [0.3, 0.4) is 0 Å². The lowest BCUT2D eigenvalue weighted by Crippen LogP contribution is -2.20. The van der Waals surface area contributed by atoms with Crippen molar-refractivity contribution in [3.63, 3.8) is 0 Å². The Hall–Kier alpha value is -4.14. The quantitative estimate of drug-likeness (QED) is 0.373. The molecular weight excluding hydrogens is 447 g/mol. The van der Waals surface area contributed by atoms with Gasteiger partial charge in [-0.05, 0) is 73.0 Å². The van der Waals surface area contributed by atoms with E-state index in [1.54, 1.807) is 24.3 Å². The molecule has 0 heterocycles. The molecule has 0 fully saturated rings. The van der Waals surface area contributed by atoms with Crippen LogP contribution in [0.2, 0.25) is 0 Å². The van der Waals surface area contributed by atoms with E-state index in [-0.39, 0.29) is 18.1 Å². The molecule has 0 aliphatic rings. The molecule has 3 aromatic carbocycles. The average Bonchev–Trinajstić information content (AvgIpc) is 2.80. The number of benzene rings is 3. The molecule has 0 unspecified atom stereocenters. The van der Waals surface area contributed by atoms with E-state index in [2.05, 4.69) is 15.8 Å². The SMILES string of the molecule is Cc1ccc(NC(=O)COc2cccc(/C=N\NC(=O)c3cccc(C(F)(F)F)c3)c2)cc1C. The van der Waals surface area contributed by atoms with Crippen LogP contribution in [0.25, 0.3) is 0 Å². The molecule has 0 aromatic heterocycles. The zero-order valence-electron chi connectivity index (χ0n) is 18.4. The molecule has 0 spiro atoms. The van der Waals surface area contributed by atoms with Crippen molar-refractivity contribution in [1.29, 1.82) is 0 Å². The van der Waals surface area contributed by atoms with Gasteiger partial charge in [0.05, 0.1) is 11.8 Å². The maximum absolute atomic E-state index is 12.8. The Balaban J connectivity index is 1.54. The van der Waals surface area contributed by atoms with Crippen molar-refractivity contribution in [2.75, 3.05) is 11.9 Å². The predicted molar refractivity (Wildman–Crippen MR) is 123 cm³/mol. The van der Waals surface area contributed by atoms with Gasteiger partial charge in [0.2, 0.25) is 0 Å². The first kappa shape index (κ1) is 24.5. The van der Waals surface area contributed by atoms with Gasteiger partial charge in [-0.25, -0.2) is 5.43 Å². The monoisotopic (exact) mass is 469 g/mol. The highest BCUT2D eigenvalue weighted by atomic mass is 19.4. The minimum Gasteiger partial charge on any atom is -0.484 e. The van der Waals surface area contributed by atoms with Crippen LogP contribution in [0.1, 0.15) is 32.6 Å². The molecule has 9 heteroatoms. The third kappa shape index (κ3) is 6.93. The lowest BCUT2D eigenvalue weighted by Gasteiger charge is -2.09. The smallest absolute Gasteiger partial charge is 0.416 e. The van der Waals surface area contributed by atoms with Crippen LogP contribution < -0.4 is 15.5 Å². The molecule has 2 amide bonds. The zero-order valence-corrected chi connectivity index (χ0v) is 18.4. The Morgan fingerprint density at radius 3 is 2.47 bits per heavy atom. The Bertz CT molecular complexity index is 1220. The number of carbonyl (C=O) groups is 2. The van der Waals surface area contributed by atoms with Gasteiger partial charge in [0.25, 0.3) is 11.8 Å². The average molecular weight is 469 g/mol. The van der Waals surface area contributed by atoms with Crippen molar-refractivity contribution in [2.24, 2.45) is 5.10 Å². The van der Waals surface area contributed by atoms with Crippen molar-refractivity contribution >= 4 is 23.7 Å². The number of aryl methyl sites for hydroxylation is 2. The summed E-state index contributed by atoms with van der Waals surface area (Å²) >= 11 is 0. The van der Waals surface area contributed by atoms with Crippen LogP contribution in [0.4, 0.5) is 18.9 Å². The van der Waals surface area contributed by atoms with E-state index in [9.17, 15) is 22.8 Å². The minimum absolute atomic E-state index is 0.168.